The number of amidine groups is 1. The highest BCUT2D eigenvalue weighted by Crippen LogP contribution is 2.16. The molecule has 1 heterocycles. The number of likely N-dealkylation sites (tertiary alicyclic amines) is 1. The van der Waals surface area contributed by atoms with Gasteiger partial charge in [0.15, 0.2) is 0 Å². The summed E-state index contributed by atoms with van der Waals surface area (Å²) in [7, 11) is 4.24. The third kappa shape index (κ3) is 2.71. The third-order valence-corrected chi connectivity index (χ3v) is 3.16. The zero-order valence-electron chi connectivity index (χ0n) is 9.88. The van der Waals surface area contributed by atoms with E-state index in [4.69, 9.17) is 5.41 Å². The van der Waals surface area contributed by atoms with Crippen molar-refractivity contribution in [2.75, 3.05) is 27.2 Å². The molecular weight excluding hydrogens is 174 g/mol. The number of nitrogens with one attached hydrogen (secondary N) is 1. The molecule has 0 bridgehead atoms. The summed E-state index contributed by atoms with van der Waals surface area (Å²) >= 11 is 0. The summed E-state index contributed by atoms with van der Waals surface area (Å²) in [6.07, 6.45) is 2.39. The second-order valence-electron chi connectivity index (χ2n) is 4.69. The first-order chi connectivity index (χ1) is 6.52. The molecule has 3 heteroatoms. The SMILES string of the molecule is CC(C)C(=N)N(C)C1CCN(C)CC1. The fourth-order valence-corrected chi connectivity index (χ4v) is 1.99. The van der Waals surface area contributed by atoms with Crippen LogP contribution >= 0.6 is 0 Å². The summed E-state index contributed by atoms with van der Waals surface area (Å²) in [5.74, 6) is 1.12. The van der Waals surface area contributed by atoms with E-state index in [0.717, 1.165) is 5.84 Å². The highest BCUT2D eigenvalue weighted by Gasteiger charge is 2.22. The zero-order valence-corrected chi connectivity index (χ0v) is 9.88. The van der Waals surface area contributed by atoms with E-state index in [9.17, 15) is 0 Å². The standard InChI is InChI=1S/C11H23N3/c1-9(2)11(12)14(4)10-5-7-13(3)8-6-10/h9-10,12H,5-8H2,1-4H3. The summed E-state index contributed by atoms with van der Waals surface area (Å²) in [4.78, 5) is 4.53. The van der Waals surface area contributed by atoms with E-state index in [0.29, 0.717) is 12.0 Å². The van der Waals surface area contributed by atoms with Crippen molar-refractivity contribution >= 4 is 5.84 Å². The molecular formula is C11H23N3. The lowest BCUT2D eigenvalue weighted by Crippen LogP contribution is -2.45. The Bertz CT molecular complexity index is 193. The number of piperidine rings is 1. The van der Waals surface area contributed by atoms with E-state index in [1.807, 2.05) is 0 Å². The van der Waals surface area contributed by atoms with E-state index in [-0.39, 0.29) is 0 Å². The van der Waals surface area contributed by atoms with Crippen molar-refractivity contribution in [3.63, 3.8) is 0 Å². The van der Waals surface area contributed by atoms with Gasteiger partial charge in [0.2, 0.25) is 0 Å². The largest absolute Gasteiger partial charge is 0.360 e. The summed E-state index contributed by atoms with van der Waals surface area (Å²) < 4.78 is 0. The maximum absolute atomic E-state index is 7.95. The highest BCUT2D eigenvalue weighted by molar-refractivity contribution is 5.81. The number of nitrogens with zero attached hydrogens (tertiary/aromatic N) is 2. The maximum atomic E-state index is 7.95. The van der Waals surface area contributed by atoms with Crippen molar-refractivity contribution in [1.29, 1.82) is 5.41 Å². The molecule has 0 aromatic heterocycles. The lowest BCUT2D eigenvalue weighted by atomic mass is 10.0. The van der Waals surface area contributed by atoms with Crippen LogP contribution in [0.4, 0.5) is 0 Å². The topological polar surface area (TPSA) is 30.3 Å². The fourth-order valence-electron chi connectivity index (χ4n) is 1.99. The van der Waals surface area contributed by atoms with E-state index in [1.165, 1.54) is 25.9 Å². The second-order valence-corrected chi connectivity index (χ2v) is 4.69. The van der Waals surface area contributed by atoms with Crippen molar-refractivity contribution in [3.05, 3.63) is 0 Å². The molecule has 0 spiro atoms. The minimum atomic E-state index is 0.347. The van der Waals surface area contributed by atoms with Gasteiger partial charge in [-0.1, -0.05) is 13.8 Å². The van der Waals surface area contributed by atoms with Gasteiger partial charge in [-0.25, -0.2) is 0 Å². The predicted molar refractivity (Wildman–Crippen MR) is 60.8 cm³/mol. The number of hydrogen-bond donors (Lipinski definition) is 1. The van der Waals surface area contributed by atoms with Crippen molar-refractivity contribution in [3.8, 4) is 0 Å². The molecule has 0 amide bonds. The Kier molecular flexibility index (Phi) is 3.93. The van der Waals surface area contributed by atoms with Gasteiger partial charge in [0.05, 0.1) is 5.84 Å². The molecule has 1 N–H and O–H groups in total. The number of hydrogen-bond acceptors (Lipinski definition) is 2. The molecule has 0 aliphatic carbocycles. The van der Waals surface area contributed by atoms with Gasteiger partial charge in [0, 0.05) is 19.0 Å². The molecule has 3 nitrogen and oxygen atoms in total. The molecule has 1 aliphatic rings. The van der Waals surface area contributed by atoms with Gasteiger partial charge in [0.1, 0.15) is 0 Å². The van der Waals surface area contributed by atoms with Crippen molar-refractivity contribution in [1.82, 2.24) is 9.80 Å². The molecule has 0 aromatic rings. The van der Waals surface area contributed by atoms with Crippen LogP contribution < -0.4 is 0 Å². The highest BCUT2D eigenvalue weighted by atomic mass is 15.2. The molecule has 1 aliphatic heterocycles. The van der Waals surface area contributed by atoms with E-state index in [1.54, 1.807) is 0 Å². The molecule has 0 unspecified atom stereocenters. The molecule has 0 saturated carbocycles. The van der Waals surface area contributed by atoms with Gasteiger partial charge in [-0.2, -0.15) is 0 Å². The first-order valence-electron chi connectivity index (χ1n) is 5.52. The van der Waals surface area contributed by atoms with E-state index in [2.05, 4.69) is 37.7 Å². The molecule has 14 heavy (non-hydrogen) atoms. The lowest BCUT2D eigenvalue weighted by molar-refractivity contribution is 0.188. The monoisotopic (exact) mass is 197 g/mol. The predicted octanol–water partition coefficient (Wildman–Crippen LogP) is 1.65. The van der Waals surface area contributed by atoms with E-state index >= 15 is 0 Å². The Hall–Kier alpha value is -0.570. The van der Waals surface area contributed by atoms with Crippen molar-refractivity contribution in [2.24, 2.45) is 5.92 Å². The summed E-state index contributed by atoms with van der Waals surface area (Å²) in [5, 5.41) is 7.95. The molecule has 82 valence electrons. The van der Waals surface area contributed by atoms with E-state index < -0.39 is 0 Å². The van der Waals surface area contributed by atoms with Crippen LogP contribution in [0, 0.1) is 11.3 Å². The van der Waals surface area contributed by atoms with Crippen LogP contribution in [0.5, 0.6) is 0 Å². The molecule has 0 atom stereocenters. The van der Waals surface area contributed by atoms with Gasteiger partial charge in [0.25, 0.3) is 0 Å². The third-order valence-electron chi connectivity index (χ3n) is 3.16. The van der Waals surface area contributed by atoms with Gasteiger partial charge >= 0.3 is 0 Å². The van der Waals surface area contributed by atoms with Crippen LogP contribution in [0.15, 0.2) is 0 Å². The molecule has 0 aromatic carbocycles. The van der Waals surface area contributed by atoms with Gasteiger partial charge in [-0.15, -0.1) is 0 Å². The number of rotatable bonds is 2. The fraction of sp³-hybridized carbons (Fsp3) is 0.909. The van der Waals surface area contributed by atoms with Crippen molar-refractivity contribution in [2.45, 2.75) is 32.7 Å². The Morgan fingerprint density at radius 1 is 1.36 bits per heavy atom. The molecule has 1 saturated heterocycles. The van der Waals surface area contributed by atoms with Crippen LogP contribution in [0.3, 0.4) is 0 Å². The van der Waals surface area contributed by atoms with Crippen LogP contribution in [0.25, 0.3) is 0 Å². The van der Waals surface area contributed by atoms with Crippen LogP contribution in [-0.4, -0.2) is 48.9 Å². The first kappa shape index (κ1) is 11.5. The van der Waals surface area contributed by atoms with Crippen LogP contribution in [0.2, 0.25) is 0 Å². The Morgan fingerprint density at radius 2 is 1.86 bits per heavy atom. The summed E-state index contributed by atoms with van der Waals surface area (Å²) in [6.45, 7) is 6.52. The van der Waals surface area contributed by atoms with Gasteiger partial charge in [-0.05, 0) is 33.0 Å². The average molecular weight is 197 g/mol. The molecule has 1 rings (SSSR count). The first-order valence-corrected chi connectivity index (χ1v) is 5.52. The zero-order chi connectivity index (χ0) is 10.7. The maximum Gasteiger partial charge on any atom is 0.0983 e. The minimum Gasteiger partial charge on any atom is -0.360 e. The quantitative estimate of drug-likeness (QED) is 0.539. The van der Waals surface area contributed by atoms with Crippen molar-refractivity contribution < 1.29 is 0 Å². The van der Waals surface area contributed by atoms with Gasteiger partial charge in [-0.3, -0.25) is 5.41 Å². The van der Waals surface area contributed by atoms with Crippen LogP contribution in [0.1, 0.15) is 26.7 Å². The molecule has 0 radical (unpaired) electrons. The smallest absolute Gasteiger partial charge is 0.0983 e. The Morgan fingerprint density at radius 3 is 2.29 bits per heavy atom. The summed E-state index contributed by atoms with van der Waals surface area (Å²) in [5.41, 5.74) is 0. The lowest BCUT2D eigenvalue weighted by Gasteiger charge is -2.37. The summed E-state index contributed by atoms with van der Waals surface area (Å²) in [6, 6.07) is 0.584. The second kappa shape index (κ2) is 4.78. The normalized spacial score (nSPS) is 20.1. The molecule has 1 fully saturated rings. The Balaban J connectivity index is 2.45. The minimum absolute atomic E-state index is 0.347. The van der Waals surface area contributed by atoms with Crippen LogP contribution in [-0.2, 0) is 0 Å². The average Bonchev–Trinajstić information content (AvgIpc) is 2.16. The van der Waals surface area contributed by atoms with Gasteiger partial charge < -0.3 is 9.80 Å². The Labute approximate surface area is 87.6 Å².